The molecule has 0 saturated heterocycles. The maximum atomic E-state index is 13.0. The third-order valence-electron chi connectivity index (χ3n) is 6.16. The van der Waals surface area contributed by atoms with Gasteiger partial charge in [0.05, 0.1) is 30.3 Å². The number of pyridine rings is 1. The first-order valence-electron chi connectivity index (χ1n) is 11.4. The summed E-state index contributed by atoms with van der Waals surface area (Å²) < 4.78 is 17.3. The molecule has 1 fully saturated rings. The molecule has 4 rings (SSSR count). The van der Waals surface area contributed by atoms with Crippen LogP contribution in [0.1, 0.15) is 65.9 Å². The number of hydrogen-bond acceptors (Lipinski definition) is 6. The molecule has 176 valence electrons. The molecule has 0 unspecified atom stereocenters. The molecule has 0 radical (unpaired) electrons. The van der Waals surface area contributed by atoms with Crippen molar-refractivity contribution in [2.45, 2.75) is 71.3 Å². The van der Waals surface area contributed by atoms with Crippen LogP contribution < -0.4 is 14.8 Å². The molecule has 1 aromatic heterocycles. The van der Waals surface area contributed by atoms with Gasteiger partial charge in [0, 0.05) is 17.0 Å². The van der Waals surface area contributed by atoms with E-state index in [9.17, 15) is 9.59 Å². The van der Waals surface area contributed by atoms with Crippen molar-refractivity contribution in [2.24, 2.45) is 5.41 Å². The van der Waals surface area contributed by atoms with E-state index in [-0.39, 0.29) is 23.7 Å². The van der Waals surface area contributed by atoms with Crippen molar-refractivity contribution in [1.29, 1.82) is 0 Å². The number of rotatable bonds is 6. The average molecular weight is 453 g/mol. The summed E-state index contributed by atoms with van der Waals surface area (Å²) in [6, 6.07) is 9.22. The van der Waals surface area contributed by atoms with Gasteiger partial charge in [0.15, 0.2) is 0 Å². The van der Waals surface area contributed by atoms with E-state index in [2.05, 4.69) is 24.1 Å². The molecule has 2 aromatic rings. The molecule has 1 saturated carbocycles. The molecular weight excluding hydrogens is 420 g/mol. The molecule has 1 aromatic carbocycles. The number of anilines is 1. The Morgan fingerprint density at radius 3 is 2.52 bits per heavy atom. The molecule has 1 aliphatic carbocycles. The summed E-state index contributed by atoms with van der Waals surface area (Å²) in [5.74, 6) is 1.45. The van der Waals surface area contributed by atoms with E-state index in [1.807, 2.05) is 39.0 Å². The Labute approximate surface area is 194 Å². The normalized spacial score (nSPS) is 17.8. The Morgan fingerprint density at radius 2 is 1.91 bits per heavy atom. The van der Waals surface area contributed by atoms with E-state index in [0.717, 1.165) is 17.7 Å². The van der Waals surface area contributed by atoms with Gasteiger partial charge in [-0.15, -0.1) is 0 Å². The monoisotopic (exact) mass is 452 g/mol. The zero-order valence-electron chi connectivity index (χ0n) is 20.0. The molecule has 1 amide bonds. The minimum Gasteiger partial charge on any atom is -0.492 e. The summed E-state index contributed by atoms with van der Waals surface area (Å²) >= 11 is 0. The van der Waals surface area contributed by atoms with Gasteiger partial charge in [0.25, 0.3) is 0 Å². The highest BCUT2D eigenvalue weighted by atomic mass is 16.6. The second kappa shape index (κ2) is 8.36. The topological polar surface area (TPSA) is 86.8 Å². The van der Waals surface area contributed by atoms with Crippen molar-refractivity contribution in [3.05, 3.63) is 42.1 Å². The van der Waals surface area contributed by atoms with Crippen LogP contribution in [0.4, 0.5) is 5.69 Å². The van der Waals surface area contributed by atoms with Gasteiger partial charge in [-0.05, 0) is 51.8 Å². The summed E-state index contributed by atoms with van der Waals surface area (Å²) in [7, 11) is 0. The quantitative estimate of drug-likeness (QED) is 0.592. The lowest BCUT2D eigenvalue weighted by atomic mass is 9.66. The molecule has 7 heteroatoms. The number of amides is 1. The van der Waals surface area contributed by atoms with Crippen LogP contribution in [0.5, 0.6) is 17.4 Å². The van der Waals surface area contributed by atoms with Crippen LogP contribution in [-0.4, -0.2) is 29.1 Å². The second-order valence-electron chi connectivity index (χ2n) is 10.6. The fraction of sp³-hybridized carbons (Fsp3) is 0.500. The highest BCUT2D eigenvalue weighted by Crippen LogP contribution is 2.46. The zero-order chi connectivity index (χ0) is 23.9. The first-order valence-corrected chi connectivity index (χ1v) is 11.4. The van der Waals surface area contributed by atoms with Gasteiger partial charge in [0.2, 0.25) is 11.8 Å². The van der Waals surface area contributed by atoms with Crippen molar-refractivity contribution in [2.75, 3.05) is 11.9 Å². The number of fused-ring (bicyclic) bond motifs is 1. The molecule has 0 spiro atoms. The number of carbonyl (C=O) groups excluding carboxylic acids is 2. The van der Waals surface area contributed by atoms with E-state index in [0.29, 0.717) is 36.8 Å². The SMILES string of the molecule is CC(C)(C)OC(=O)CC1(C(=O)Nc2ccc(Oc3cccc4c3C(C)(C)CO4)nc2)CCC1. The lowest BCUT2D eigenvalue weighted by Gasteiger charge is -2.39. The van der Waals surface area contributed by atoms with E-state index >= 15 is 0 Å². The van der Waals surface area contributed by atoms with Crippen LogP contribution in [0.15, 0.2) is 36.5 Å². The predicted octanol–water partition coefficient (Wildman–Crippen LogP) is 5.38. The molecule has 2 aliphatic rings. The number of benzene rings is 1. The van der Waals surface area contributed by atoms with Crippen molar-refractivity contribution < 1.29 is 23.8 Å². The number of aromatic nitrogens is 1. The van der Waals surface area contributed by atoms with Gasteiger partial charge in [-0.25, -0.2) is 4.98 Å². The summed E-state index contributed by atoms with van der Waals surface area (Å²) in [4.78, 5) is 29.7. The maximum absolute atomic E-state index is 13.0. The largest absolute Gasteiger partial charge is 0.492 e. The zero-order valence-corrected chi connectivity index (χ0v) is 20.0. The van der Waals surface area contributed by atoms with Crippen LogP contribution in [0.25, 0.3) is 0 Å². The molecule has 7 nitrogen and oxygen atoms in total. The summed E-state index contributed by atoms with van der Waals surface area (Å²) in [5.41, 5.74) is 0.153. The predicted molar refractivity (Wildman–Crippen MR) is 125 cm³/mol. The number of esters is 1. The van der Waals surface area contributed by atoms with Gasteiger partial charge < -0.3 is 19.5 Å². The van der Waals surface area contributed by atoms with Crippen molar-refractivity contribution in [3.63, 3.8) is 0 Å². The lowest BCUT2D eigenvalue weighted by Crippen LogP contribution is -2.44. The highest BCUT2D eigenvalue weighted by Gasteiger charge is 2.46. The van der Waals surface area contributed by atoms with Crippen LogP contribution in [-0.2, 0) is 19.7 Å². The average Bonchev–Trinajstić information content (AvgIpc) is 3.00. The summed E-state index contributed by atoms with van der Waals surface area (Å²) in [5, 5.41) is 2.91. The van der Waals surface area contributed by atoms with Crippen molar-refractivity contribution in [3.8, 4) is 17.4 Å². The second-order valence-corrected chi connectivity index (χ2v) is 10.6. The Hall–Kier alpha value is -3.09. The third kappa shape index (κ3) is 4.97. The fourth-order valence-electron chi connectivity index (χ4n) is 4.35. The third-order valence-corrected chi connectivity index (χ3v) is 6.16. The van der Waals surface area contributed by atoms with Crippen LogP contribution in [0.3, 0.4) is 0 Å². The first kappa shape index (κ1) is 23.1. The molecule has 33 heavy (non-hydrogen) atoms. The Balaban J connectivity index is 1.42. The molecular formula is C26H32N2O5. The number of carbonyl (C=O) groups is 2. The summed E-state index contributed by atoms with van der Waals surface area (Å²) in [6.07, 6.45) is 3.91. The molecule has 1 aliphatic heterocycles. The first-order chi connectivity index (χ1) is 15.5. The highest BCUT2D eigenvalue weighted by molar-refractivity contribution is 5.98. The van der Waals surface area contributed by atoms with Crippen LogP contribution in [0, 0.1) is 5.41 Å². The van der Waals surface area contributed by atoms with Crippen molar-refractivity contribution >= 4 is 17.6 Å². The Bertz CT molecular complexity index is 1050. The summed E-state index contributed by atoms with van der Waals surface area (Å²) in [6.45, 7) is 10.3. The number of nitrogens with one attached hydrogen (secondary N) is 1. The van der Waals surface area contributed by atoms with E-state index in [1.165, 1.54) is 0 Å². The molecule has 2 heterocycles. The van der Waals surface area contributed by atoms with Crippen LogP contribution in [0.2, 0.25) is 0 Å². The van der Waals surface area contributed by atoms with Gasteiger partial charge in [-0.2, -0.15) is 0 Å². The minimum atomic E-state index is -0.715. The Morgan fingerprint density at radius 1 is 1.15 bits per heavy atom. The van der Waals surface area contributed by atoms with Gasteiger partial charge in [-0.3, -0.25) is 9.59 Å². The number of nitrogens with zero attached hydrogens (tertiary/aromatic N) is 1. The maximum Gasteiger partial charge on any atom is 0.307 e. The molecule has 1 N–H and O–H groups in total. The van der Waals surface area contributed by atoms with Gasteiger partial charge in [-0.1, -0.05) is 26.3 Å². The van der Waals surface area contributed by atoms with E-state index < -0.39 is 11.0 Å². The lowest BCUT2D eigenvalue weighted by molar-refractivity contribution is -0.162. The van der Waals surface area contributed by atoms with Gasteiger partial charge in [0.1, 0.15) is 17.1 Å². The molecule has 0 bridgehead atoms. The minimum absolute atomic E-state index is 0.0850. The van der Waals surface area contributed by atoms with E-state index in [1.54, 1.807) is 18.3 Å². The smallest absolute Gasteiger partial charge is 0.307 e. The number of ether oxygens (including phenoxy) is 3. The van der Waals surface area contributed by atoms with E-state index in [4.69, 9.17) is 14.2 Å². The fourth-order valence-corrected chi connectivity index (χ4v) is 4.35. The standard InChI is InChI=1S/C26H32N2O5/c1-24(2,3)33-21(29)14-26(12-7-13-26)23(30)28-17-10-11-20(27-15-17)32-19-9-6-8-18-22(19)25(4,5)16-31-18/h6,8-11,15H,7,12-14,16H2,1-5H3,(H,28,30). The van der Waals surface area contributed by atoms with Crippen molar-refractivity contribution in [1.82, 2.24) is 4.98 Å². The van der Waals surface area contributed by atoms with Crippen LogP contribution >= 0.6 is 0 Å². The Kier molecular flexibility index (Phi) is 5.85. The number of hydrogen-bond donors (Lipinski definition) is 1. The molecule has 0 atom stereocenters. The van der Waals surface area contributed by atoms with Gasteiger partial charge >= 0.3 is 5.97 Å².